The molecule has 4 heteroatoms. The lowest BCUT2D eigenvalue weighted by atomic mass is 10.0. The average Bonchev–Trinajstić information content (AvgIpc) is 2.79. The number of carbonyl (C=O) groups excluding carboxylic acids is 2. The molecule has 0 fully saturated rings. The summed E-state index contributed by atoms with van der Waals surface area (Å²) in [6, 6.07) is 9.27. The zero-order valence-electron chi connectivity index (χ0n) is 11.5. The maximum Gasteiger partial charge on any atom is 0.268 e. The number of hydrogen-bond donors (Lipinski definition) is 0. The van der Waals surface area contributed by atoms with Crippen LogP contribution >= 0.6 is 11.3 Å². The molecule has 2 aromatic rings. The van der Waals surface area contributed by atoms with E-state index < -0.39 is 0 Å². The van der Waals surface area contributed by atoms with E-state index in [4.69, 9.17) is 0 Å². The van der Waals surface area contributed by atoms with Gasteiger partial charge in [-0.2, -0.15) is 0 Å². The first-order valence-corrected chi connectivity index (χ1v) is 7.40. The van der Waals surface area contributed by atoms with E-state index >= 15 is 0 Å². The van der Waals surface area contributed by atoms with Crippen LogP contribution in [0.25, 0.3) is 0 Å². The minimum absolute atomic E-state index is 0.00819. The molecule has 1 amide bonds. The summed E-state index contributed by atoms with van der Waals surface area (Å²) in [5.74, 6) is 0.106. The van der Waals surface area contributed by atoms with Gasteiger partial charge < -0.3 is 4.90 Å². The fourth-order valence-electron chi connectivity index (χ4n) is 2.44. The summed E-state index contributed by atoms with van der Waals surface area (Å²) in [5, 5.41) is 0. The van der Waals surface area contributed by atoms with Crippen LogP contribution in [0.5, 0.6) is 0 Å². The molecular formula is C16H15NO2S. The van der Waals surface area contributed by atoms with Crippen molar-refractivity contribution in [1.29, 1.82) is 0 Å². The predicted octanol–water partition coefficient (Wildman–Crippen LogP) is 3.60. The number of thiophene rings is 1. The number of Topliss-reactive ketones (excluding diaryl/α,β-unsaturated/α-hetero) is 1. The Bertz CT molecular complexity index is 683. The van der Waals surface area contributed by atoms with E-state index in [0.717, 1.165) is 21.0 Å². The van der Waals surface area contributed by atoms with Crippen molar-refractivity contribution in [1.82, 2.24) is 0 Å². The third kappa shape index (κ3) is 2.06. The summed E-state index contributed by atoms with van der Waals surface area (Å²) in [5.41, 5.74) is 2.52. The van der Waals surface area contributed by atoms with E-state index in [1.165, 1.54) is 11.3 Å². The van der Waals surface area contributed by atoms with Gasteiger partial charge in [0.15, 0.2) is 5.78 Å². The van der Waals surface area contributed by atoms with Gasteiger partial charge in [-0.15, -0.1) is 11.3 Å². The largest absolute Gasteiger partial charge is 0.306 e. The fourth-order valence-corrected chi connectivity index (χ4v) is 3.42. The zero-order chi connectivity index (χ0) is 14.3. The second kappa shape index (κ2) is 4.87. The van der Waals surface area contributed by atoms with Gasteiger partial charge in [-0.1, -0.05) is 12.1 Å². The van der Waals surface area contributed by atoms with Gasteiger partial charge in [-0.3, -0.25) is 9.59 Å². The van der Waals surface area contributed by atoms with Crippen molar-refractivity contribution >= 4 is 28.7 Å². The summed E-state index contributed by atoms with van der Waals surface area (Å²) in [4.78, 5) is 28.2. The van der Waals surface area contributed by atoms with Crippen LogP contribution in [0.2, 0.25) is 0 Å². The predicted molar refractivity (Wildman–Crippen MR) is 80.9 cm³/mol. The van der Waals surface area contributed by atoms with Gasteiger partial charge in [-0.25, -0.2) is 0 Å². The molecular weight excluding hydrogens is 270 g/mol. The Kier molecular flexibility index (Phi) is 3.18. The number of hydrogen-bond acceptors (Lipinski definition) is 3. The molecule has 1 aliphatic rings. The number of amides is 1. The highest BCUT2D eigenvalue weighted by Crippen LogP contribution is 2.30. The molecule has 0 N–H and O–H groups in total. The Hall–Kier alpha value is -1.94. The van der Waals surface area contributed by atoms with Gasteiger partial charge in [0, 0.05) is 23.4 Å². The quantitative estimate of drug-likeness (QED) is 0.803. The van der Waals surface area contributed by atoms with Gasteiger partial charge in [0.2, 0.25) is 0 Å². The number of ketones is 1. The average molecular weight is 285 g/mol. The van der Waals surface area contributed by atoms with Crippen molar-refractivity contribution in [3.8, 4) is 0 Å². The van der Waals surface area contributed by atoms with Crippen molar-refractivity contribution in [2.75, 3.05) is 11.4 Å². The molecule has 0 unspecified atom stereocenters. The molecule has 2 heterocycles. The van der Waals surface area contributed by atoms with Crippen LogP contribution in [0.4, 0.5) is 5.69 Å². The number of rotatable bonds is 1. The van der Waals surface area contributed by atoms with E-state index in [1.54, 1.807) is 11.0 Å². The number of para-hydroxylation sites is 1. The van der Waals surface area contributed by atoms with Gasteiger partial charge in [-0.05, 0) is 37.6 Å². The Morgan fingerprint density at radius 2 is 2.00 bits per heavy atom. The van der Waals surface area contributed by atoms with Crippen LogP contribution < -0.4 is 4.90 Å². The molecule has 0 spiro atoms. The van der Waals surface area contributed by atoms with Crippen molar-refractivity contribution in [2.45, 2.75) is 20.3 Å². The summed E-state index contributed by atoms with van der Waals surface area (Å²) in [7, 11) is 0. The van der Waals surface area contributed by atoms with Gasteiger partial charge in [0.25, 0.3) is 5.91 Å². The van der Waals surface area contributed by atoms with E-state index in [1.807, 2.05) is 38.1 Å². The van der Waals surface area contributed by atoms with Crippen molar-refractivity contribution < 1.29 is 9.59 Å². The first-order chi connectivity index (χ1) is 9.58. The fraction of sp³-hybridized carbons (Fsp3) is 0.250. The standard InChI is InChI=1S/C16H15NO2S/c1-10-9-15(20-11(10)2)16(19)17-8-7-14(18)12-5-3-4-6-13(12)17/h3-6,9H,7-8H2,1-2H3. The molecule has 0 aliphatic carbocycles. The number of nitrogens with zero attached hydrogens (tertiary/aromatic N) is 1. The first-order valence-electron chi connectivity index (χ1n) is 6.59. The molecule has 0 saturated heterocycles. The molecule has 0 atom stereocenters. The smallest absolute Gasteiger partial charge is 0.268 e. The lowest BCUT2D eigenvalue weighted by Crippen LogP contribution is -2.37. The van der Waals surface area contributed by atoms with Crippen LogP contribution in [0, 0.1) is 13.8 Å². The second-order valence-corrected chi connectivity index (χ2v) is 6.25. The van der Waals surface area contributed by atoms with Crippen molar-refractivity contribution in [3.63, 3.8) is 0 Å². The molecule has 20 heavy (non-hydrogen) atoms. The number of aryl methyl sites for hydroxylation is 2. The third-order valence-electron chi connectivity index (χ3n) is 3.68. The van der Waals surface area contributed by atoms with Gasteiger partial charge >= 0.3 is 0 Å². The van der Waals surface area contributed by atoms with Gasteiger partial charge in [0.05, 0.1) is 10.6 Å². The van der Waals surface area contributed by atoms with E-state index in [0.29, 0.717) is 18.5 Å². The molecule has 1 aromatic carbocycles. The Labute approximate surface area is 121 Å². The Morgan fingerprint density at radius 3 is 2.70 bits per heavy atom. The number of anilines is 1. The zero-order valence-corrected chi connectivity index (χ0v) is 12.3. The third-order valence-corrected chi connectivity index (χ3v) is 4.82. The molecule has 1 aromatic heterocycles. The second-order valence-electron chi connectivity index (χ2n) is 5.00. The van der Waals surface area contributed by atoms with Crippen molar-refractivity contribution in [2.24, 2.45) is 0 Å². The van der Waals surface area contributed by atoms with Gasteiger partial charge in [0.1, 0.15) is 0 Å². The summed E-state index contributed by atoms with van der Waals surface area (Å²) < 4.78 is 0. The minimum atomic E-state index is -0.00819. The Balaban J connectivity index is 2.01. The molecule has 0 bridgehead atoms. The summed E-state index contributed by atoms with van der Waals surface area (Å²) >= 11 is 1.52. The molecule has 3 rings (SSSR count). The van der Waals surface area contributed by atoms with E-state index in [-0.39, 0.29) is 11.7 Å². The molecule has 0 saturated carbocycles. The SMILES string of the molecule is Cc1cc(C(=O)N2CCC(=O)c3ccccc32)sc1C. The van der Waals surface area contributed by atoms with E-state index in [2.05, 4.69) is 0 Å². The van der Waals surface area contributed by atoms with Crippen LogP contribution in [0.1, 0.15) is 36.9 Å². The lowest BCUT2D eigenvalue weighted by Gasteiger charge is -2.28. The normalized spacial score (nSPS) is 14.3. The number of carbonyl (C=O) groups is 2. The van der Waals surface area contributed by atoms with Crippen LogP contribution in [-0.4, -0.2) is 18.2 Å². The summed E-state index contributed by atoms with van der Waals surface area (Å²) in [6.07, 6.45) is 0.395. The lowest BCUT2D eigenvalue weighted by molar-refractivity contribution is 0.0957. The molecule has 102 valence electrons. The van der Waals surface area contributed by atoms with Crippen molar-refractivity contribution in [3.05, 3.63) is 51.2 Å². The minimum Gasteiger partial charge on any atom is -0.306 e. The van der Waals surface area contributed by atoms with Crippen LogP contribution in [0.15, 0.2) is 30.3 Å². The highest BCUT2D eigenvalue weighted by atomic mass is 32.1. The first kappa shape index (κ1) is 13.1. The maximum absolute atomic E-state index is 12.7. The molecule has 3 nitrogen and oxygen atoms in total. The van der Waals surface area contributed by atoms with E-state index in [9.17, 15) is 9.59 Å². The molecule has 1 aliphatic heterocycles. The Morgan fingerprint density at radius 1 is 1.25 bits per heavy atom. The monoisotopic (exact) mass is 285 g/mol. The van der Waals surface area contributed by atoms with Crippen LogP contribution in [0.3, 0.4) is 0 Å². The topological polar surface area (TPSA) is 37.4 Å². The summed E-state index contributed by atoms with van der Waals surface area (Å²) in [6.45, 7) is 4.49. The molecule has 0 radical (unpaired) electrons. The highest BCUT2D eigenvalue weighted by Gasteiger charge is 2.28. The highest BCUT2D eigenvalue weighted by molar-refractivity contribution is 7.14. The maximum atomic E-state index is 12.7. The van der Waals surface area contributed by atoms with Crippen LogP contribution in [-0.2, 0) is 0 Å². The number of fused-ring (bicyclic) bond motifs is 1. The number of benzene rings is 1.